The van der Waals surface area contributed by atoms with Crippen molar-refractivity contribution in [3.8, 4) is 0 Å². The molecule has 0 radical (unpaired) electrons. The van der Waals surface area contributed by atoms with E-state index in [1.165, 1.54) is 0 Å². The van der Waals surface area contributed by atoms with Crippen molar-refractivity contribution in [1.29, 1.82) is 0 Å². The maximum Gasteiger partial charge on any atom is 0.134 e. The van der Waals surface area contributed by atoms with Crippen molar-refractivity contribution in [1.82, 2.24) is 5.32 Å². The molecule has 9 heavy (non-hydrogen) atoms. The Morgan fingerprint density at radius 2 is 2.11 bits per heavy atom. The van der Waals surface area contributed by atoms with Crippen LogP contribution in [0.1, 0.15) is 20.3 Å². The highest BCUT2D eigenvalue weighted by molar-refractivity contribution is 6.29. The van der Waals surface area contributed by atoms with E-state index in [1.54, 1.807) is 6.92 Å². The quantitative estimate of drug-likeness (QED) is 0.611. The van der Waals surface area contributed by atoms with Crippen molar-refractivity contribution < 1.29 is 4.39 Å². The Kier molecular flexibility index (Phi) is 4.50. The molecule has 0 bridgehead atoms. The fraction of sp³-hybridized carbons (Fsp3) is 0.667. The monoisotopic (exact) mass is 151 g/mol. The largest absolute Gasteiger partial charge is 0.374 e. The van der Waals surface area contributed by atoms with Crippen molar-refractivity contribution in [2.45, 2.75) is 20.3 Å². The van der Waals surface area contributed by atoms with Crippen LogP contribution in [0.3, 0.4) is 0 Å². The molecular weight excluding hydrogens is 141 g/mol. The molecule has 0 aliphatic heterocycles. The summed E-state index contributed by atoms with van der Waals surface area (Å²) in [5.74, 6) is -0.279. The summed E-state index contributed by atoms with van der Waals surface area (Å²) in [7, 11) is 0. The summed E-state index contributed by atoms with van der Waals surface area (Å²) in [6.07, 6.45) is 0.353. The molecule has 0 aromatic carbocycles. The molecule has 54 valence electrons. The van der Waals surface area contributed by atoms with E-state index in [0.29, 0.717) is 13.0 Å². The average molecular weight is 152 g/mol. The van der Waals surface area contributed by atoms with Crippen LogP contribution >= 0.6 is 11.6 Å². The van der Waals surface area contributed by atoms with E-state index in [-0.39, 0.29) is 11.0 Å². The molecule has 0 aromatic heterocycles. The van der Waals surface area contributed by atoms with Gasteiger partial charge in [0.2, 0.25) is 0 Å². The second-order valence-electron chi connectivity index (χ2n) is 1.60. The van der Waals surface area contributed by atoms with Crippen LogP contribution in [0.25, 0.3) is 0 Å². The molecule has 0 fully saturated rings. The van der Waals surface area contributed by atoms with E-state index in [4.69, 9.17) is 11.6 Å². The topological polar surface area (TPSA) is 12.0 Å². The molecular formula is C6H11ClFN. The van der Waals surface area contributed by atoms with Crippen LogP contribution in [-0.4, -0.2) is 6.54 Å². The van der Waals surface area contributed by atoms with Crippen LogP contribution < -0.4 is 5.32 Å². The Labute approximate surface area is 59.9 Å². The van der Waals surface area contributed by atoms with Gasteiger partial charge in [-0.25, -0.2) is 4.39 Å². The summed E-state index contributed by atoms with van der Waals surface area (Å²) in [6, 6.07) is 0. The summed E-state index contributed by atoms with van der Waals surface area (Å²) in [4.78, 5) is 0. The molecule has 0 amide bonds. The van der Waals surface area contributed by atoms with E-state index in [2.05, 4.69) is 5.32 Å². The van der Waals surface area contributed by atoms with Gasteiger partial charge in [-0.15, -0.1) is 0 Å². The maximum atomic E-state index is 12.4. The summed E-state index contributed by atoms with van der Waals surface area (Å²) in [5.41, 5.74) is 0. The highest BCUT2D eigenvalue weighted by Gasteiger charge is 1.97. The Bertz CT molecular complexity index is 112. The molecule has 1 nitrogen and oxygen atoms in total. The summed E-state index contributed by atoms with van der Waals surface area (Å²) in [6.45, 7) is 4.24. The van der Waals surface area contributed by atoms with E-state index >= 15 is 0 Å². The van der Waals surface area contributed by atoms with E-state index in [9.17, 15) is 4.39 Å². The first kappa shape index (κ1) is 8.76. The van der Waals surface area contributed by atoms with Crippen molar-refractivity contribution >= 4 is 11.6 Å². The highest BCUT2D eigenvalue weighted by Crippen LogP contribution is 2.10. The fourth-order valence-electron chi connectivity index (χ4n) is 0.406. The molecule has 0 spiro atoms. The third kappa shape index (κ3) is 3.36. The second-order valence-corrected chi connectivity index (χ2v) is 1.98. The van der Waals surface area contributed by atoms with E-state index in [0.717, 1.165) is 0 Å². The molecule has 0 aliphatic rings. The number of nitrogens with one attached hydrogen (secondary N) is 1. The van der Waals surface area contributed by atoms with Gasteiger partial charge in [0, 0.05) is 6.54 Å². The normalized spacial score (nSPS) is 12.9. The molecule has 0 atom stereocenters. The smallest absolute Gasteiger partial charge is 0.134 e. The van der Waals surface area contributed by atoms with Crippen molar-refractivity contribution in [3.05, 3.63) is 11.0 Å². The average Bonchev–Trinajstić information content (AvgIpc) is 1.87. The molecule has 0 saturated heterocycles. The molecule has 0 aliphatic carbocycles. The zero-order valence-electron chi connectivity index (χ0n) is 5.67. The van der Waals surface area contributed by atoms with Crippen LogP contribution in [0.2, 0.25) is 0 Å². The van der Waals surface area contributed by atoms with E-state index < -0.39 is 0 Å². The van der Waals surface area contributed by atoms with Crippen LogP contribution in [0.5, 0.6) is 0 Å². The van der Waals surface area contributed by atoms with E-state index in [1.807, 2.05) is 6.92 Å². The van der Waals surface area contributed by atoms with Gasteiger partial charge in [0.1, 0.15) is 11.0 Å². The van der Waals surface area contributed by atoms with Gasteiger partial charge in [-0.2, -0.15) is 0 Å². The number of hydrogen-bond acceptors (Lipinski definition) is 1. The summed E-state index contributed by atoms with van der Waals surface area (Å²) in [5, 5.41) is 2.81. The first-order valence-electron chi connectivity index (χ1n) is 3.00. The number of allylic oxidation sites excluding steroid dienone is 1. The predicted molar refractivity (Wildman–Crippen MR) is 38.0 cm³/mol. The fourth-order valence-corrected chi connectivity index (χ4v) is 0.674. The number of rotatable bonds is 3. The lowest BCUT2D eigenvalue weighted by Gasteiger charge is -1.99. The standard InChI is InChI=1S/C6H11ClFN/c1-3-5(8)6(7)9-4-2/h9H,3-4H2,1-2H3/b6-5+. The van der Waals surface area contributed by atoms with Gasteiger partial charge in [0.15, 0.2) is 0 Å². The molecule has 0 heterocycles. The Hall–Kier alpha value is -0.240. The molecule has 3 heteroatoms. The van der Waals surface area contributed by atoms with Gasteiger partial charge in [0.05, 0.1) is 0 Å². The van der Waals surface area contributed by atoms with Crippen LogP contribution in [-0.2, 0) is 0 Å². The zero-order chi connectivity index (χ0) is 7.28. The first-order chi connectivity index (χ1) is 4.22. The summed E-state index contributed by atoms with van der Waals surface area (Å²) < 4.78 is 12.4. The van der Waals surface area contributed by atoms with Gasteiger partial charge in [0.25, 0.3) is 0 Å². The molecule has 0 saturated carbocycles. The minimum atomic E-state index is -0.279. The maximum absolute atomic E-state index is 12.4. The third-order valence-corrected chi connectivity index (χ3v) is 1.22. The summed E-state index contributed by atoms with van der Waals surface area (Å²) >= 11 is 5.43. The van der Waals surface area contributed by atoms with Crippen LogP contribution in [0, 0.1) is 0 Å². The second kappa shape index (κ2) is 4.62. The van der Waals surface area contributed by atoms with Crippen LogP contribution in [0.4, 0.5) is 4.39 Å². The number of hydrogen-bond donors (Lipinski definition) is 1. The Balaban J connectivity index is 3.78. The molecule has 0 unspecified atom stereocenters. The van der Waals surface area contributed by atoms with Crippen molar-refractivity contribution in [3.63, 3.8) is 0 Å². The molecule has 0 rings (SSSR count). The highest BCUT2D eigenvalue weighted by atomic mass is 35.5. The van der Waals surface area contributed by atoms with Crippen molar-refractivity contribution in [2.24, 2.45) is 0 Å². The molecule has 0 aromatic rings. The van der Waals surface area contributed by atoms with Crippen molar-refractivity contribution in [2.75, 3.05) is 6.54 Å². The van der Waals surface area contributed by atoms with Crippen LogP contribution in [0.15, 0.2) is 11.0 Å². The molecule has 1 N–H and O–H groups in total. The minimum absolute atomic E-state index is 0.139. The first-order valence-corrected chi connectivity index (χ1v) is 3.38. The van der Waals surface area contributed by atoms with Gasteiger partial charge in [-0.05, 0) is 13.3 Å². The SMILES string of the molecule is CCN/C(Cl)=C(/F)CC. The Morgan fingerprint density at radius 1 is 1.56 bits per heavy atom. The van der Waals surface area contributed by atoms with Gasteiger partial charge >= 0.3 is 0 Å². The van der Waals surface area contributed by atoms with Gasteiger partial charge < -0.3 is 5.32 Å². The lowest BCUT2D eigenvalue weighted by molar-refractivity contribution is 0.587. The van der Waals surface area contributed by atoms with Gasteiger partial charge in [-0.3, -0.25) is 0 Å². The number of halogens is 2. The Morgan fingerprint density at radius 3 is 2.44 bits per heavy atom. The third-order valence-electron chi connectivity index (χ3n) is 0.881. The zero-order valence-corrected chi connectivity index (χ0v) is 6.43. The predicted octanol–water partition coefficient (Wildman–Crippen LogP) is 2.38. The minimum Gasteiger partial charge on any atom is -0.374 e. The van der Waals surface area contributed by atoms with Gasteiger partial charge in [-0.1, -0.05) is 18.5 Å². The lowest BCUT2D eigenvalue weighted by atomic mass is 10.4. The lowest BCUT2D eigenvalue weighted by Crippen LogP contribution is -2.08.